The van der Waals surface area contributed by atoms with Gasteiger partial charge in [-0.1, -0.05) is 12.8 Å². The lowest BCUT2D eigenvalue weighted by Crippen LogP contribution is -2.60. The molecule has 4 rings (SSSR count). The molecule has 1 aliphatic heterocycles. The number of amides is 1. The summed E-state index contributed by atoms with van der Waals surface area (Å²) >= 11 is 1.67. The van der Waals surface area contributed by atoms with Gasteiger partial charge in [-0.05, 0) is 24.3 Å². The zero-order valence-corrected chi connectivity index (χ0v) is 12.6. The molecule has 0 atom stereocenters. The lowest BCUT2D eigenvalue weighted by Gasteiger charge is -2.40. The molecule has 110 valence electrons. The topological polar surface area (TPSA) is 58.1 Å². The van der Waals surface area contributed by atoms with Gasteiger partial charge >= 0.3 is 0 Å². The predicted octanol–water partition coefficient (Wildman–Crippen LogP) is 2.19. The zero-order chi connectivity index (χ0) is 14.2. The third-order valence-corrected chi connectivity index (χ3v) is 5.38. The second-order valence-electron chi connectivity index (χ2n) is 5.92. The van der Waals surface area contributed by atoms with Gasteiger partial charge in [-0.3, -0.25) is 4.79 Å². The number of nitrogens with zero attached hydrogens (tertiary/aromatic N) is 3. The second-order valence-corrected chi connectivity index (χ2v) is 6.84. The van der Waals surface area contributed by atoms with Crippen molar-refractivity contribution in [1.82, 2.24) is 15.3 Å². The van der Waals surface area contributed by atoms with E-state index in [0.29, 0.717) is 0 Å². The van der Waals surface area contributed by atoms with E-state index in [-0.39, 0.29) is 17.9 Å². The van der Waals surface area contributed by atoms with Crippen molar-refractivity contribution in [2.24, 2.45) is 5.92 Å². The van der Waals surface area contributed by atoms with Crippen molar-refractivity contribution in [3.05, 3.63) is 17.8 Å². The molecule has 2 aromatic rings. The number of anilines is 1. The Bertz CT molecular complexity index is 658. The van der Waals surface area contributed by atoms with Crippen LogP contribution in [0.15, 0.2) is 17.8 Å². The van der Waals surface area contributed by atoms with Crippen molar-refractivity contribution >= 4 is 33.3 Å². The van der Waals surface area contributed by atoms with Gasteiger partial charge in [0.2, 0.25) is 5.91 Å². The van der Waals surface area contributed by atoms with E-state index in [4.69, 9.17) is 0 Å². The van der Waals surface area contributed by atoms with Crippen LogP contribution in [0, 0.1) is 5.92 Å². The molecule has 6 heteroatoms. The number of thiophene rings is 1. The minimum atomic E-state index is 0.251. The van der Waals surface area contributed by atoms with E-state index < -0.39 is 0 Å². The Labute approximate surface area is 127 Å². The predicted molar refractivity (Wildman–Crippen MR) is 83.5 cm³/mol. The Hall–Kier alpha value is -1.69. The highest BCUT2D eigenvalue weighted by molar-refractivity contribution is 7.17. The summed E-state index contributed by atoms with van der Waals surface area (Å²) in [7, 11) is 0. The summed E-state index contributed by atoms with van der Waals surface area (Å²) in [5.41, 5.74) is 1.00. The molecule has 0 unspecified atom stereocenters. The molecule has 1 saturated heterocycles. The molecule has 2 aromatic heterocycles. The van der Waals surface area contributed by atoms with Gasteiger partial charge in [-0.25, -0.2) is 9.97 Å². The standard InChI is InChI=1S/C15H18N4OS/c20-15(10-3-1-2-4-10)18-11-7-19(8-11)14-13-12(5-6-21-13)16-9-17-14/h5-6,9-11H,1-4,7-8H2,(H,18,20). The van der Waals surface area contributed by atoms with Crippen LogP contribution in [0.1, 0.15) is 25.7 Å². The minimum absolute atomic E-state index is 0.251. The third-order valence-electron chi connectivity index (χ3n) is 4.48. The summed E-state index contributed by atoms with van der Waals surface area (Å²) in [6.07, 6.45) is 6.14. The maximum atomic E-state index is 12.1. The number of rotatable bonds is 3. The lowest BCUT2D eigenvalue weighted by atomic mass is 10.0. The van der Waals surface area contributed by atoms with Crippen molar-refractivity contribution in [3.63, 3.8) is 0 Å². The highest BCUT2D eigenvalue weighted by Gasteiger charge is 2.32. The molecular formula is C15H18N4OS. The summed E-state index contributed by atoms with van der Waals surface area (Å²) in [4.78, 5) is 23.0. The Morgan fingerprint density at radius 1 is 1.29 bits per heavy atom. The monoisotopic (exact) mass is 302 g/mol. The molecule has 0 spiro atoms. The van der Waals surface area contributed by atoms with Crippen LogP contribution in [0.2, 0.25) is 0 Å². The first-order valence-electron chi connectivity index (χ1n) is 7.55. The van der Waals surface area contributed by atoms with Gasteiger partial charge in [0, 0.05) is 19.0 Å². The molecule has 1 saturated carbocycles. The van der Waals surface area contributed by atoms with Crippen LogP contribution in [0.3, 0.4) is 0 Å². The van der Waals surface area contributed by atoms with Gasteiger partial charge in [0.1, 0.15) is 12.1 Å². The maximum absolute atomic E-state index is 12.1. The molecule has 2 aliphatic rings. The van der Waals surface area contributed by atoms with Crippen LogP contribution < -0.4 is 10.2 Å². The molecule has 21 heavy (non-hydrogen) atoms. The van der Waals surface area contributed by atoms with Crippen molar-refractivity contribution in [3.8, 4) is 0 Å². The van der Waals surface area contributed by atoms with Crippen LogP contribution >= 0.6 is 11.3 Å². The number of hydrogen-bond acceptors (Lipinski definition) is 5. The lowest BCUT2D eigenvalue weighted by molar-refractivity contribution is -0.125. The summed E-state index contributed by atoms with van der Waals surface area (Å²) < 4.78 is 1.14. The zero-order valence-electron chi connectivity index (χ0n) is 11.8. The molecule has 0 radical (unpaired) electrons. The highest BCUT2D eigenvalue weighted by Crippen LogP contribution is 2.31. The van der Waals surface area contributed by atoms with E-state index >= 15 is 0 Å². The van der Waals surface area contributed by atoms with Crippen molar-refractivity contribution in [2.75, 3.05) is 18.0 Å². The van der Waals surface area contributed by atoms with Crippen molar-refractivity contribution < 1.29 is 4.79 Å². The van der Waals surface area contributed by atoms with E-state index in [1.165, 1.54) is 12.8 Å². The Balaban J connectivity index is 1.38. The molecule has 1 N–H and O–H groups in total. The maximum Gasteiger partial charge on any atom is 0.223 e. The smallest absolute Gasteiger partial charge is 0.223 e. The first-order chi connectivity index (χ1) is 10.3. The summed E-state index contributed by atoms with van der Waals surface area (Å²) in [6, 6.07) is 2.28. The number of hydrogen-bond donors (Lipinski definition) is 1. The number of carbonyl (C=O) groups excluding carboxylic acids is 1. The van der Waals surface area contributed by atoms with Crippen LogP contribution in [0.5, 0.6) is 0 Å². The molecule has 0 aromatic carbocycles. The quantitative estimate of drug-likeness (QED) is 0.944. The van der Waals surface area contributed by atoms with E-state index in [1.54, 1.807) is 17.7 Å². The first-order valence-corrected chi connectivity index (χ1v) is 8.43. The molecule has 0 bridgehead atoms. The van der Waals surface area contributed by atoms with Gasteiger partial charge in [-0.15, -0.1) is 11.3 Å². The SMILES string of the molecule is O=C(NC1CN(c2ncnc3ccsc23)C1)C1CCCC1. The molecule has 1 aliphatic carbocycles. The fraction of sp³-hybridized carbons (Fsp3) is 0.533. The van der Waals surface area contributed by atoms with Gasteiger partial charge in [-0.2, -0.15) is 0 Å². The van der Waals surface area contributed by atoms with Gasteiger partial charge in [0.05, 0.1) is 16.3 Å². The second kappa shape index (κ2) is 5.26. The number of carbonyl (C=O) groups is 1. The van der Waals surface area contributed by atoms with E-state index in [1.807, 2.05) is 11.4 Å². The largest absolute Gasteiger partial charge is 0.351 e. The van der Waals surface area contributed by atoms with Crippen molar-refractivity contribution in [1.29, 1.82) is 0 Å². The summed E-state index contributed by atoms with van der Waals surface area (Å²) in [5.74, 6) is 1.50. The highest BCUT2D eigenvalue weighted by atomic mass is 32.1. The molecule has 2 fully saturated rings. The van der Waals surface area contributed by atoms with Crippen LogP contribution in [-0.4, -0.2) is 35.0 Å². The molecular weight excluding hydrogens is 284 g/mol. The molecule has 5 nitrogen and oxygen atoms in total. The molecule has 1 amide bonds. The van der Waals surface area contributed by atoms with E-state index in [2.05, 4.69) is 20.2 Å². The number of nitrogens with one attached hydrogen (secondary N) is 1. The van der Waals surface area contributed by atoms with Gasteiger partial charge in [0.15, 0.2) is 0 Å². The van der Waals surface area contributed by atoms with E-state index in [9.17, 15) is 4.79 Å². The van der Waals surface area contributed by atoms with Crippen LogP contribution in [0.25, 0.3) is 10.2 Å². The fourth-order valence-electron chi connectivity index (χ4n) is 3.25. The number of aromatic nitrogens is 2. The van der Waals surface area contributed by atoms with Crippen LogP contribution in [0.4, 0.5) is 5.82 Å². The number of fused-ring (bicyclic) bond motifs is 1. The third kappa shape index (κ3) is 2.37. The minimum Gasteiger partial charge on any atom is -0.351 e. The van der Waals surface area contributed by atoms with E-state index in [0.717, 1.165) is 42.0 Å². The normalized spacial score (nSPS) is 19.9. The Kier molecular flexibility index (Phi) is 3.25. The van der Waals surface area contributed by atoms with Crippen molar-refractivity contribution in [2.45, 2.75) is 31.7 Å². The summed E-state index contributed by atoms with van der Waals surface area (Å²) in [5, 5.41) is 5.22. The van der Waals surface area contributed by atoms with Gasteiger partial charge in [0.25, 0.3) is 0 Å². The summed E-state index contributed by atoms with van der Waals surface area (Å²) in [6.45, 7) is 1.70. The molecule has 3 heterocycles. The average Bonchev–Trinajstić information content (AvgIpc) is 3.11. The average molecular weight is 302 g/mol. The van der Waals surface area contributed by atoms with Gasteiger partial charge < -0.3 is 10.2 Å². The Morgan fingerprint density at radius 2 is 2.10 bits per heavy atom. The van der Waals surface area contributed by atoms with Crippen LogP contribution in [-0.2, 0) is 4.79 Å². The Morgan fingerprint density at radius 3 is 2.90 bits per heavy atom. The first kappa shape index (κ1) is 13.0. The fourth-order valence-corrected chi connectivity index (χ4v) is 4.11.